The highest BCUT2D eigenvalue weighted by Crippen LogP contribution is 2.25. The molecule has 27 heavy (non-hydrogen) atoms. The van der Waals surface area contributed by atoms with Gasteiger partial charge in [-0.25, -0.2) is 9.55 Å². The minimum absolute atomic E-state index is 0.117. The monoisotopic (exact) mass is 394 g/mol. The highest BCUT2D eigenvalue weighted by Gasteiger charge is 2.25. The first-order valence-electron chi connectivity index (χ1n) is 8.19. The Bertz CT molecular complexity index is 852. The molecule has 0 saturated heterocycles. The fourth-order valence-electron chi connectivity index (χ4n) is 2.56. The van der Waals surface area contributed by atoms with E-state index in [4.69, 9.17) is 16.3 Å². The van der Waals surface area contributed by atoms with Gasteiger partial charge < -0.3 is 20.2 Å². The number of aryl methyl sites for hydroxylation is 1. The summed E-state index contributed by atoms with van der Waals surface area (Å²) >= 11 is 6.19. The molecule has 9 nitrogen and oxygen atoms in total. The number of nitro groups is 1. The van der Waals surface area contributed by atoms with E-state index in [0.29, 0.717) is 16.4 Å². The van der Waals surface area contributed by atoms with Crippen molar-refractivity contribution >= 4 is 29.3 Å². The van der Waals surface area contributed by atoms with Crippen molar-refractivity contribution in [3.05, 3.63) is 57.0 Å². The largest absolute Gasteiger partial charge is 0.466 e. The van der Waals surface area contributed by atoms with Crippen molar-refractivity contribution in [1.29, 1.82) is 0 Å². The van der Waals surface area contributed by atoms with Crippen LogP contribution in [-0.4, -0.2) is 33.0 Å². The van der Waals surface area contributed by atoms with Crippen molar-refractivity contribution in [1.82, 2.24) is 14.9 Å². The smallest absolute Gasteiger partial charge is 0.343 e. The van der Waals surface area contributed by atoms with E-state index in [0.717, 1.165) is 6.20 Å². The zero-order valence-corrected chi connectivity index (χ0v) is 15.6. The third-order valence-corrected chi connectivity index (χ3v) is 4.16. The molecule has 1 aromatic carbocycles. The fourth-order valence-corrected chi connectivity index (χ4v) is 2.83. The van der Waals surface area contributed by atoms with Gasteiger partial charge in [0.15, 0.2) is 12.4 Å². The molecule has 10 heteroatoms. The predicted octanol–water partition coefficient (Wildman–Crippen LogP) is 2.56. The molecule has 1 amide bonds. The second-order valence-electron chi connectivity index (χ2n) is 5.66. The molecule has 0 aliphatic rings. The van der Waals surface area contributed by atoms with Crippen molar-refractivity contribution in [3.63, 3.8) is 0 Å². The van der Waals surface area contributed by atoms with E-state index in [2.05, 4.69) is 10.3 Å². The van der Waals surface area contributed by atoms with Crippen LogP contribution in [0, 0.1) is 17.0 Å². The van der Waals surface area contributed by atoms with E-state index in [9.17, 15) is 19.7 Å². The highest BCUT2D eigenvalue weighted by atomic mass is 35.5. The summed E-state index contributed by atoms with van der Waals surface area (Å²) < 4.78 is 6.14. The third kappa shape index (κ3) is 5.27. The molecule has 0 aliphatic carbocycles. The number of benzene rings is 1. The van der Waals surface area contributed by atoms with E-state index in [1.807, 2.05) is 0 Å². The summed E-state index contributed by atoms with van der Waals surface area (Å²) in [5.74, 6) is -0.972. The fraction of sp³-hybridized carbons (Fsp3) is 0.353. The maximum Gasteiger partial charge on any atom is 0.343 e. The first-order chi connectivity index (χ1) is 12.8. The lowest BCUT2D eigenvalue weighted by atomic mass is 10.0. The van der Waals surface area contributed by atoms with Crippen LogP contribution in [0.3, 0.4) is 0 Å². The Morgan fingerprint density at radius 1 is 1.41 bits per heavy atom. The summed E-state index contributed by atoms with van der Waals surface area (Å²) in [4.78, 5) is 38.7. The summed E-state index contributed by atoms with van der Waals surface area (Å²) in [6.45, 7) is 3.14. The molecule has 144 valence electrons. The Morgan fingerprint density at radius 2 is 2.11 bits per heavy atom. The lowest BCUT2D eigenvalue weighted by molar-refractivity contribution is -0.392. The zero-order valence-electron chi connectivity index (χ0n) is 14.8. The minimum atomic E-state index is -0.729. The van der Waals surface area contributed by atoms with Crippen molar-refractivity contribution in [2.45, 2.75) is 32.9 Å². The number of carbonyl (C=O) groups excluding carboxylic acids is 2. The number of carbonyl (C=O) groups is 2. The van der Waals surface area contributed by atoms with Gasteiger partial charge in [0.25, 0.3) is 5.91 Å². The number of nitrogens with one attached hydrogen (secondary N) is 1. The van der Waals surface area contributed by atoms with Crippen LogP contribution >= 0.6 is 11.6 Å². The molecule has 0 bridgehead atoms. The normalized spacial score (nSPS) is 11.7. The number of amides is 1. The number of esters is 1. The lowest BCUT2D eigenvalue weighted by Gasteiger charge is -2.19. The number of ether oxygens (including phenoxy) is 1. The van der Waals surface area contributed by atoms with Crippen molar-refractivity contribution < 1.29 is 19.2 Å². The number of rotatable bonds is 8. The SMILES string of the molecule is CCOC(=O)C[C@H](NC(=O)Cn1c([N+](=O)[O-])cnc1C)c1ccccc1Cl. The Hall–Kier alpha value is -2.94. The molecular weight excluding hydrogens is 376 g/mol. The van der Waals surface area contributed by atoms with Gasteiger partial charge in [0.2, 0.25) is 0 Å². The standard InChI is InChI=1S/C17H19ClN4O5/c1-3-27-17(24)8-14(12-6-4-5-7-13(12)18)20-15(23)10-21-11(2)19-9-16(21)22(25)26/h4-7,9,14H,3,8,10H2,1-2H3,(H,20,23)/t14-/m0/s1. The van der Waals surface area contributed by atoms with Gasteiger partial charge in [0, 0.05) is 11.9 Å². The lowest BCUT2D eigenvalue weighted by Crippen LogP contribution is -2.33. The Balaban J connectivity index is 2.21. The average molecular weight is 395 g/mol. The summed E-state index contributed by atoms with van der Waals surface area (Å²) in [6.07, 6.45) is 0.973. The van der Waals surface area contributed by atoms with Crippen LogP contribution in [-0.2, 0) is 20.9 Å². The molecule has 1 heterocycles. The number of hydrogen-bond donors (Lipinski definition) is 1. The van der Waals surface area contributed by atoms with Gasteiger partial charge in [0.1, 0.15) is 6.20 Å². The van der Waals surface area contributed by atoms with Gasteiger partial charge in [-0.15, -0.1) is 0 Å². The molecule has 1 aromatic heterocycles. The second-order valence-corrected chi connectivity index (χ2v) is 6.06. The summed E-state index contributed by atoms with van der Waals surface area (Å²) in [5, 5.41) is 14.1. The highest BCUT2D eigenvalue weighted by molar-refractivity contribution is 6.31. The molecule has 0 unspecified atom stereocenters. The number of imidazole rings is 1. The zero-order chi connectivity index (χ0) is 20.0. The molecule has 2 rings (SSSR count). The van der Waals surface area contributed by atoms with Gasteiger partial charge in [-0.2, -0.15) is 0 Å². The molecule has 1 atom stereocenters. The van der Waals surface area contributed by atoms with Gasteiger partial charge in [-0.05, 0) is 23.5 Å². The molecule has 0 aliphatic heterocycles. The number of halogens is 1. The molecule has 2 aromatic rings. The van der Waals surface area contributed by atoms with Crippen molar-refractivity contribution in [3.8, 4) is 0 Å². The quantitative estimate of drug-likeness (QED) is 0.418. The van der Waals surface area contributed by atoms with E-state index >= 15 is 0 Å². The molecular formula is C17H19ClN4O5. The topological polar surface area (TPSA) is 116 Å². The molecule has 0 spiro atoms. The van der Waals surface area contributed by atoms with Gasteiger partial charge in [-0.1, -0.05) is 29.8 Å². The van der Waals surface area contributed by atoms with Gasteiger partial charge in [-0.3, -0.25) is 9.59 Å². The first-order valence-corrected chi connectivity index (χ1v) is 8.57. The van der Waals surface area contributed by atoms with Crippen LogP contribution in [0.1, 0.15) is 30.8 Å². The summed E-state index contributed by atoms with van der Waals surface area (Å²) in [6, 6.07) is 6.07. The Kier molecular flexibility index (Phi) is 6.89. The van der Waals surface area contributed by atoms with E-state index in [-0.39, 0.29) is 25.4 Å². The number of nitrogens with zero attached hydrogens (tertiary/aromatic N) is 3. The first kappa shape index (κ1) is 20.4. The van der Waals surface area contributed by atoms with Crippen LogP contribution < -0.4 is 5.32 Å². The maximum absolute atomic E-state index is 12.5. The molecule has 0 radical (unpaired) electrons. The summed E-state index contributed by atoms with van der Waals surface area (Å²) in [5.41, 5.74) is 0.553. The van der Waals surface area contributed by atoms with E-state index in [1.165, 1.54) is 4.57 Å². The van der Waals surface area contributed by atoms with E-state index < -0.39 is 22.8 Å². The second kappa shape index (κ2) is 9.13. The third-order valence-electron chi connectivity index (χ3n) is 3.81. The Labute approximate surface area is 160 Å². The van der Waals surface area contributed by atoms with Crippen molar-refractivity contribution in [2.75, 3.05) is 6.61 Å². The van der Waals surface area contributed by atoms with Crippen molar-refractivity contribution in [2.24, 2.45) is 0 Å². The maximum atomic E-state index is 12.5. The van der Waals surface area contributed by atoms with Crippen LogP contribution in [0.2, 0.25) is 5.02 Å². The molecule has 1 N–H and O–H groups in total. The van der Waals surface area contributed by atoms with Crippen LogP contribution in [0.5, 0.6) is 0 Å². The number of aromatic nitrogens is 2. The van der Waals surface area contributed by atoms with Gasteiger partial charge >= 0.3 is 11.8 Å². The van der Waals surface area contributed by atoms with E-state index in [1.54, 1.807) is 38.1 Å². The van der Waals surface area contributed by atoms with Gasteiger partial charge in [0.05, 0.1) is 19.1 Å². The van der Waals surface area contributed by atoms with Crippen LogP contribution in [0.15, 0.2) is 30.5 Å². The molecule has 0 saturated carbocycles. The number of hydrogen-bond acceptors (Lipinski definition) is 6. The van der Waals surface area contributed by atoms with Crippen LogP contribution in [0.4, 0.5) is 5.82 Å². The summed E-state index contributed by atoms with van der Waals surface area (Å²) in [7, 11) is 0. The minimum Gasteiger partial charge on any atom is -0.466 e. The Morgan fingerprint density at radius 3 is 2.74 bits per heavy atom. The average Bonchev–Trinajstić information content (AvgIpc) is 2.96. The molecule has 0 fully saturated rings. The predicted molar refractivity (Wildman–Crippen MR) is 97.2 cm³/mol. The van der Waals surface area contributed by atoms with Crippen LogP contribution in [0.25, 0.3) is 0 Å².